The van der Waals surface area contributed by atoms with Crippen molar-refractivity contribution in [2.75, 3.05) is 13.2 Å². The Kier molecular flexibility index (Phi) is 8.55. The zero-order valence-corrected chi connectivity index (χ0v) is 20.8. The number of hydrogen-bond acceptors (Lipinski definition) is 3. The van der Waals surface area contributed by atoms with E-state index >= 15 is 0 Å². The monoisotopic (exact) mass is 469 g/mol. The van der Waals surface area contributed by atoms with Gasteiger partial charge in [-0.25, -0.2) is 4.98 Å². The lowest BCUT2D eigenvalue weighted by Gasteiger charge is -2.12. The minimum absolute atomic E-state index is 0.103. The third kappa shape index (κ3) is 6.95. The van der Waals surface area contributed by atoms with Crippen LogP contribution in [0.15, 0.2) is 72.8 Å². The van der Waals surface area contributed by atoms with Crippen LogP contribution >= 0.6 is 0 Å². The van der Waals surface area contributed by atoms with Crippen molar-refractivity contribution in [3.63, 3.8) is 0 Å². The maximum absolute atomic E-state index is 12.2. The summed E-state index contributed by atoms with van der Waals surface area (Å²) in [4.78, 5) is 17.1. The van der Waals surface area contributed by atoms with Crippen LogP contribution in [0.1, 0.15) is 41.8 Å². The first-order valence-corrected chi connectivity index (χ1v) is 12.5. The maximum Gasteiger partial charge on any atom is 0.220 e. The van der Waals surface area contributed by atoms with Crippen molar-refractivity contribution < 1.29 is 9.53 Å². The van der Waals surface area contributed by atoms with Crippen LogP contribution in [0.3, 0.4) is 0 Å². The summed E-state index contributed by atoms with van der Waals surface area (Å²) in [5, 5.41) is 3.06. The molecule has 0 radical (unpaired) electrons. The Morgan fingerprint density at radius 3 is 2.57 bits per heavy atom. The normalized spacial score (nSPS) is 11.0. The molecule has 0 aliphatic rings. The molecule has 5 nitrogen and oxygen atoms in total. The molecule has 4 aromatic rings. The van der Waals surface area contributed by atoms with Crippen molar-refractivity contribution in [3.05, 3.63) is 95.3 Å². The summed E-state index contributed by atoms with van der Waals surface area (Å²) in [5.41, 5.74) is 5.78. The van der Waals surface area contributed by atoms with Gasteiger partial charge in [-0.1, -0.05) is 60.2 Å². The number of fused-ring (bicyclic) bond motifs is 1. The summed E-state index contributed by atoms with van der Waals surface area (Å²) in [6, 6.07) is 24.7. The maximum atomic E-state index is 12.2. The predicted octanol–water partition coefficient (Wildman–Crippen LogP) is 5.80. The van der Waals surface area contributed by atoms with Crippen LogP contribution in [0, 0.1) is 13.8 Å². The summed E-state index contributed by atoms with van der Waals surface area (Å²) < 4.78 is 8.34. The van der Waals surface area contributed by atoms with Crippen molar-refractivity contribution in [1.82, 2.24) is 14.9 Å². The van der Waals surface area contributed by atoms with E-state index < -0.39 is 0 Å². The van der Waals surface area contributed by atoms with E-state index in [2.05, 4.69) is 72.3 Å². The molecule has 1 aromatic heterocycles. The molecule has 35 heavy (non-hydrogen) atoms. The number of aromatic nitrogens is 2. The van der Waals surface area contributed by atoms with E-state index in [0.717, 1.165) is 54.8 Å². The number of amides is 1. The van der Waals surface area contributed by atoms with Gasteiger partial charge in [-0.3, -0.25) is 4.79 Å². The summed E-state index contributed by atoms with van der Waals surface area (Å²) in [5.74, 6) is 2.12. The molecule has 5 heteroatoms. The molecule has 3 aromatic carbocycles. The van der Waals surface area contributed by atoms with E-state index in [-0.39, 0.29) is 5.91 Å². The molecular weight excluding hydrogens is 434 g/mol. The molecule has 182 valence electrons. The van der Waals surface area contributed by atoms with Gasteiger partial charge < -0.3 is 14.6 Å². The highest BCUT2D eigenvalue weighted by atomic mass is 16.5. The molecule has 0 unspecified atom stereocenters. The SMILES string of the molecule is Cc1ccc(OCCCn2c(CCCNC(=O)CCc3ccccc3)nc3ccccc32)c(C)c1. The van der Waals surface area contributed by atoms with Gasteiger partial charge in [0, 0.05) is 25.9 Å². The Balaban J connectivity index is 1.27. The van der Waals surface area contributed by atoms with Crippen molar-refractivity contribution in [2.24, 2.45) is 0 Å². The molecule has 0 saturated heterocycles. The van der Waals surface area contributed by atoms with Gasteiger partial charge in [0.15, 0.2) is 0 Å². The zero-order chi connectivity index (χ0) is 24.5. The molecule has 1 heterocycles. The van der Waals surface area contributed by atoms with Crippen LogP contribution in [0.4, 0.5) is 0 Å². The fourth-order valence-corrected chi connectivity index (χ4v) is 4.40. The molecule has 0 aliphatic carbocycles. The number of benzene rings is 3. The number of nitrogens with one attached hydrogen (secondary N) is 1. The van der Waals surface area contributed by atoms with Gasteiger partial charge in [0.1, 0.15) is 11.6 Å². The molecular formula is C30H35N3O2. The van der Waals surface area contributed by atoms with Crippen molar-refractivity contribution in [1.29, 1.82) is 0 Å². The Morgan fingerprint density at radius 1 is 0.943 bits per heavy atom. The standard InChI is InChI=1S/C30H35N3O2/c1-23-15-17-28(24(2)22-23)35-21-9-20-33-27-13-7-6-12-26(27)32-29(33)14-8-19-31-30(34)18-16-25-10-4-3-5-11-25/h3-7,10-13,15,17,22H,8-9,14,16,18-21H2,1-2H3,(H,31,34). The number of rotatable bonds is 12. The fraction of sp³-hybridized carbons (Fsp3) is 0.333. The van der Waals surface area contributed by atoms with Gasteiger partial charge >= 0.3 is 0 Å². The molecule has 0 aliphatic heterocycles. The average Bonchev–Trinajstić information content (AvgIpc) is 3.22. The first-order valence-electron chi connectivity index (χ1n) is 12.5. The second-order valence-electron chi connectivity index (χ2n) is 9.08. The molecule has 0 bridgehead atoms. The number of para-hydroxylation sites is 2. The number of carbonyl (C=O) groups excluding carboxylic acids is 1. The Hall–Kier alpha value is -3.60. The first-order chi connectivity index (χ1) is 17.1. The van der Waals surface area contributed by atoms with Crippen molar-refractivity contribution in [2.45, 2.75) is 52.5 Å². The quantitative estimate of drug-likeness (QED) is 0.267. The summed E-state index contributed by atoms with van der Waals surface area (Å²) in [7, 11) is 0. The van der Waals surface area contributed by atoms with Gasteiger partial charge in [-0.2, -0.15) is 0 Å². The number of aryl methyl sites for hydroxylation is 5. The molecule has 4 rings (SSSR count). The highest BCUT2D eigenvalue weighted by molar-refractivity contribution is 5.76. The van der Waals surface area contributed by atoms with Crippen LogP contribution in [0.2, 0.25) is 0 Å². The number of imidazole rings is 1. The molecule has 0 saturated carbocycles. The van der Waals surface area contributed by atoms with Gasteiger partial charge in [0.2, 0.25) is 5.91 Å². The third-order valence-corrected chi connectivity index (χ3v) is 6.23. The summed E-state index contributed by atoms with van der Waals surface area (Å²) >= 11 is 0. The molecule has 0 fully saturated rings. The minimum Gasteiger partial charge on any atom is -0.493 e. The lowest BCUT2D eigenvalue weighted by atomic mass is 10.1. The molecule has 0 atom stereocenters. The van der Waals surface area contributed by atoms with Crippen LogP contribution in [-0.4, -0.2) is 28.6 Å². The van der Waals surface area contributed by atoms with E-state index in [1.807, 2.05) is 24.3 Å². The van der Waals surface area contributed by atoms with Crippen LogP contribution in [0.25, 0.3) is 11.0 Å². The van der Waals surface area contributed by atoms with Gasteiger partial charge in [-0.05, 0) is 62.4 Å². The lowest BCUT2D eigenvalue weighted by molar-refractivity contribution is -0.121. The number of carbonyl (C=O) groups is 1. The average molecular weight is 470 g/mol. The van der Waals surface area contributed by atoms with Gasteiger partial charge in [-0.15, -0.1) is 0 Å². The molecule has 1 N–H and O–H groups in total. The largest absolute Gasteiger partial charge is 0.493 e. The Bertz CT molecular complexity index is 1250. The second-order valence-corrected chi connectivity index (χ2v) is 9.08. The summed E-state index contributed by atoms with van der Waals surface area (Å²) in [6.07, 6.45) is 3.87. The summed E-state index contributed by atoms with van der Waals surface area (Å²) in [6.45, 7) is 6.35. The minimum atomic E-state index is 0.103. The molecule has 1 amide bonds. The third-order valence-electron chi connectivity index (χ3n) is 6.23. The lowest BCUT2D eigenvalue weighted by Crippen LogP contribution is -2.25. The molecule has 0 spiro atoms. The van der Waals surface area contributed by atoms with Crippen molar-refractivity contribution in [3.8, 4) is 5.75 Å². The van der Waals surface area contributed by atoms with Crippen LogP contribution < -0.4 is 10.1 Å². The van der Waals surface area contributed by atoms with Crippen LogP contribution in [0.5, 0.6) is 5.75 Å². The number of hydrogen-bond donors (Lipinski definition) is 1. The van der Waals surface area contributed by atoms with E-state index in [1.165, 1.54) is 16.7 Å². The van der Waals surface area contributed by atoms with E-state index in [9.17, 15) is 4.79 Å². The second kappa shape index (κ2) is 12.2. The van der Waals surface area contributed by atoms with Crippen LogP contribution in [-0.2, 0) is 24.2 Å². The number of ether oxygens (including phenoxy) is 1. The van der Waals surface area contributed by atoms with Gasteiger partial charge in [0.05, 0.1) is 17.6 Å². The Labute approximate surface area is 208 Å². The first kappa shape index (κ1) is 24.5. The van der Waals surface area contributed by atoms with E-state index in [1.54, 1.807) is 0 Å². The van der Waals surface area contributed by atoms with E-state index in [4.69, 9.17) is 9.72 Å². The van der Waals surface area contributed by atoms with Gasteiger partial charge in [0.25, 0.3) is 0 Å². The number of nitrogens with zero attached hydrogens (tertiary/aromatic N) is 2. The fourth-order valence-electron chi connectivity index (χ4n) is 4.40. The highest BCUT2D eigenvalue weighted by Gasteiger charge is 2.11. The Morgan fingerprint density at radius 2 is 1.74 bits per heavy atom. The predicted molar refractivity (Wildman–Crippen MR) is 142 cm³/mol. The van der Waals surface area contributed by atoms with E-state index in [0.29, 0.717) is 19.6 Å². The smallest absolute Gasteiger partial charge is 0.220 e. The highest BCUT2D eigenvalue weighted by Crippen LogP contribution is 2.20. The van der Waals surface area contributed by atoms with Crippen molar-refractivity contribution >= 4 is 16.9 Å². The topological polar surface area (TPSA) is 56.1 Å². The zero-order valence-electron chi connectivity index (χ0n) is 20.8.